The Morgan fingerprint density at radius 2 is 0.797 bits per heavy atom. The van der Waals surface area contributed by atoms with E-state index in [0.29, 0.717) is 19.3 Å². The van der Waals surface area contributed by atoms with E-state index in [1.54, 1.807) is 0 Å². The summed E-state index contributed by atoms with van der Waals surface area (Å²) in [7, 11) is 0. The first-order valence-corrected chi connectivity index (χ1v) is 31.9. The molecule has 12 nitrogen and oxygen atoms in total. The van der Waals surface area contributed by atoms with Gasteiger partial charge in [-0.05, 0) is 109 Å². The standard InChI is InChI=1S/C67H114O12/c1-4-7-10-13-16-19-22-25-28-30-33-35-38-41-44-47-50-53-59(68)75-56-58(77-60(69)54-51-48-45-42-39-36-32-27-24-21-18-15-12-9-6-3)57-76-67-65(63(72)62(71)64(79-67)66(73)74)78-61(70)55-52-49-46-43-40-37-34-31-29-26-23-20-17-14-11-8-5-2/h8,11,17,20,25-29,32,34,37,58,62-65,67,71-72H,4-7,9-10,12-16,18-19,21-24,30-31,33,35-36,38-57H2,1-3H3,(H,73,74)/b11-8-,20-17-,28-25-,29-26-,32-27-,37-34-. The first-order chi connectivity index (χ1) is 38.6. The first-order valence-electron chi connectivity index (χ1n) is 31.9. The van der Waals surface area contributed by atoms with Crippen LogP contribution in [0.3, 0.4) is 0 Å². The van der Waals surface area contributed by atoms with Crippen molar-refractivity contribution in [3.8, 4) is 0 Å². The lowest BCUT2D eigenvalue weighted by Crippen LogP contribution is -2.61. The van der Waals surface area contributed by atoms with Gasteiger partial charge in [0.1, 0.15) is 18.8 Å². The Morgan fingerprint density at radius 1 is 0.430 bits per heavy atom. The van der Waals surface area contributed by atoms with Gasteiger partial charge in [-0.1, -0.05) is 222 Å². The Morgan fingerprint density at radius 3 is 1.23 bits per heavy atom. The maximum Gasteiger partial charge on any atom is 0.335 e. The largest absolute Gasteiger partial charge is 0.479 e. The minimum absolute atomic E-state index is 0.0299. The zero-order chi connectivity index (χ0) is 57.5. The smallest absolute Gasteiger partial charge is 0.335 e. The van der Waals surface area contributed by atoms with Crippen molar-refractivity contribution < 1.29 is 58.2 Å². The van der Waals surface area contributed by atoms with Gasteiger partial charge in [-0.2, -0.15) is 0 Å². The number of aliphatic hydroxyl groups excluding tert-OH is 2. The third kappa shape index (κ3) is 44.5. The molecule has 12 heteroatoms. The lowest BCUT2D eigenvalue weighted by molar-refractivity contribution is -0.301. The highest BCUT2D eigenvalue weighted by molar-refractivity contribution is 5.74. The SMILES string of the molecule is CC/C=C\C/C=C\C/C=C\C/C=C\CCCCCCC(=O)OC1C(OCC(COC(=O)CCCCCCCCC/C=C\CCCCCCCC)OC(=O)CCCCCCC/C=C\CCCCCCCC)OC(C(=O)O)C(O)C1O. The number of ether oxygens (including phenoxy) is 5. The van der Waals surface area contributed by atoms with Crippen molar-refractivity contribution in [2.24, 2.45) is 0 Å². The molecule has 1 fully saturated rings. The molecule has 0 radical (unpaired) electrons. The predicted molar refractivity (Wildman–Crippen MR) is 322 cm³/mol. The molecule has 6 atom stereocenters. The van der Waals surface area contributed by atoms with Crippen molar-refractivity contribution in [1.29, 1.82) is 0 Å². The third-order valence-corrected chi connectivity index (χ3v) is 14.2. The highest BCUT2D eigenvalue weighted by Gasteiger charge is 2.50. The second-order valence-electron chi connectivity index (χ2n) is 21.7. The highest BCUT2D eigenvalue weighted by Crippen LogP contribution is 2.26. The van der Waals surface area contributed by atoms with Gasteiger partial charge in [0.05, 0.1) is 6.61 Å². The molecule has 0 aromatic carbocycles. The summed E-state index contributed by atoms with van der Waals surface area (Å²) in [6, 6.07) is 0. The molecule has 0 aromatic heterocycles. The predicted octanol–water partition coefficient (Wildman–Crippen LogP) is 16.9. The number of allylic oxidation sites excluding steroid dienone is 12. The van der Waals surface area contributed by atoms with Gasteiger partial charge in [-0.15, -0.1) is 0 Å². The van der Waals surface area contributed by atoms with Crippen molar-refractivity contribution in [2.45, 2.75) is 314 Å². The number of carboxylic acid groups (broad SMARTS) is 1. The summed E-state index contributed by atoms with van der Waals surface area (Å²) in [5.41, 5.74) is 0. The van der Waals surface area contributed by atoms with Crippen LogP contribution in [-0.4, -0.2) is 89.2 Å². The second kappa shape index (κ2) is 54.7. The molecule has 1 rings (SSSR count). The minimum Gasteiger partial charge on any atom is -0.479 e. The molecule has 79 heavy (non-hydrogen) atoms. The number of carboxylic acids is 1. The fraction of sp³-hybridized carbons (Fsp3) is 0.761. The van der Waals surface area contributed by atoms with Crippen LogP contribution in [0.25, 0.3) is 0 Å². The summed E-state index contributed by atoms with van der Waals surface area (Å²) < 4.78 is 28.5. The molecule has 3 N–H and O–H groups in total. The number of aliphatic hydroxyl groups is 2. The Balaban J connectivity index is 2.69. The number of hydrogen-bond donors (Lipinski definition) is 3. The number of aliphatic carboxylic acids is 1. The fourth-order valence-corrected chi connectivity index (χ4v) is 9.35. The first kappa shape index (κ1) is 73.2. The summed E-state index contributed by atoms with van der Waals surface area (Å²) in [6.07, 6.45) is 57.1. The Bertz CT molecular complexity index is 1650. The van der Waals surface area contributed by atoms with Crippen LogP contribution in [0.15, 0.2) is 72.9 Å². The van der Waals surface area contributed by atoms with E-state index in [4.69, 9.17) is 23.7 Å². The van der Waals surface area contributed by atoms with Gasteiger partial charge in [0, 0.05) is 19.3 Å². The zero-order valence-electron chi connectivity index (χ0n) is 50.1. The summed E-state index contributed by atoms with van der Waals surface area (Å²) in [4.78, 5) is 51.3. The molecular weight excluding hydrogens is 997 g/mol. The molecule has 1 aliphatic rings. The lowest BCUT2D eigenvalue weighted by Gasteiger charge is -2.40. The van der Waals surface area contributed by atoms with Crippen molar-refractivity contribution in [3.63, 3.8) is 0 Å². The maximum absolute atomic E-state index is 13.2. The molecule has 0 spiro atoms. The van der Waals surface area contributed by atoms with Crippen LogP contribution in [0.1, 0.15) is 278 Å². The lowest BCUT2D eigenvalue weighted by atomic mass is 9.98. The topological polar surface area (TPSA) is 175 Å². The quantitative estimate of drug-likeness (QED) is 0.0228. The Labute approximate surface area is 480 Å². The summed E-state index contributed by atoms with van der Waals surface area (Å²) in [5.74, 6) is -3.16. The van der Waals surface area contributed by atoms with Crippen LogP contribution < -0.4 is 0 Å². The number of esters is 3. The van der Waals surface area contributed by atoms with Gasteiger partial charge in [-0.25, -0.2) is 4.79 Å². The monoisotopic (exact) mass is 1110 g/mol. The number of carbonyl (C=O) groups is 4. The molecule has 454 valence electrons. The molecule has 0 bridgehead atoms. The average Bonchev–Trinajstić information content (AvgIpc) is 3.43. The molecule has 1 saturated heterocycles. The van der Waals surface area contributed by atoms with Crippen molar-refractivity contribution in [1.82, 2.24) is 0 Å². The van der Waals surface area contributed by atoms with E-state index < -0.39 is 67.3 Å². The molecule has 6 unspecified atom stereocenters. The minimum atomic E-state index is -1.92. The van der Waals surface area contributed by atoms with Crippen LogP contribution in [0.2, 0.25) is 0 Å². The normalized spacial score (nSPS) is 18.3. The van der Waals surface area contributed by atoms with Gasteiger partial charge in [0.15, 0.2) is 24.6 Å². The number of hydrogen-bond acceptors (Lipinski definition) is 11. The molecular formula is C67H114O12. The summed E-state index contributed by atoms with van der Waals surface area (Å²) in [5, 5.41) is 31.6. The molecule has 0 amide bonds. The van der Waals surface area contributed by atoms with Crippen LogP contribution in [0, 0.1) is 0 Å². The van der Waals surface area contributed by atoms with E-state index in [1.165, 1.54) is 103 Å². The number of carbonyl (C=O) groups excluding carboxylic acids is 3. The molecule has 0 saturated carbocycles. The van der Waals surface area contributed by atoms with Crippen molar-refractivity contribution in [2.75, 3.05) is 13.2 Å². The average molecular weight is 1110 g/mol. The zero-order valence-corrected chi connectivity index (χ0v) is 50.1. The summed E-state index contributed by atoms with van der Waals surface area (Å²) in [6.45, 7) is 5.87. The van der Waals surface area contributed by atoms with Gasteiger partial charge in [0.2, 0.25) is 0 Å². The van der Waals surface area contributed by atoms with Gasteiger partial charge in [-0.3, -0.25) is 14.4 Å². The van der Waals surface area contributed by atoms with E-state index in [2.05, 4.69) is 93.7 Å². The Hall–Kier alpha value is -3.84. The van der Waals surface area contributed by atoms with Crippen molar-refractivity contribution in [3.05, 3.63) is 72.9 Å². The van der Waals surface area contributed by atoms with Crippen LogP contribution in [-0.2, 0) is 42.9 Å². The van der Waals surface area contributed by atoms with E-state index in [-0.39, 0.29) is 25.9 Å². The van der Waals surface area contributed by atoms with Crippen LogP contribution in [0.4, 0.5) is 0 Å². The van der Waals surface area contributed by atoms with Gasteiger partial charge in [0.25, 0.3) is 0 Å². The van der Waals surface area contributed by atoms with E-state index in [9.17, 15) is 34.5 Å². The molecule has 1 heterocycles. The van der Waals surface area contributed by atoms with E-state index in [0.717, 1.165) is 116 Å². The van der Waals surface area contributed by atoms with Crippen LogP contribution in [0.5, 0.6) is 0 Å². The second-order valence-corrected chi connectivity index (χ2v) is 21.7. The van der Waals surface area contributed by atoms with Gasteiger partial charge >= 0.3 is 23.9 Å². The maximum atomic E-state index is 13.2. The summed E-state index contributed by atoms with van der Waals surface area (Å²) >= 11 is 0. The van der Waals surface area contributed by atoms with Crippen LogP contribution >= 0.6 is 0 Å². The highest BCUT2D eigenvalue weighted by atomic mass is 16.7. The Kier molecular flexibility index (Phi) is 50.7. The number of rotatable bonds is 54. The number of unbranched alkanes of at least 4 members (excludes halogenated alkanes) is 28. The van der Waals surface area contributed by atoms with E-state index >= 15 is 0 Å². The van der Waals surface area contributed by atoms with Gasteiger partial charge < -0.3 is 39.0 Å². The molecule has 1 aliphatic heterocycles. The fourth-order valence-electron chi connectivity index (χ4n) is 9.35. The van der Waals surface area contributed by atoms with E-state index in [1.807, 2.05) is 0 Å². The third-order valence-electron chi connectivity index (χ3n) is 14.2. The van der Waals surface area contributed by atoms with Crippen molar-refractivity contribution >= 4 is 23.9 Å². The molecule has 0 aromatic rings. The molecule has 0 aliphatic carbocycles.